The average molecular weight is 144 g/mol. The van der Waals surface area contributed by atoms with Gasteiger partial charge < -0.3 is 5.11 Å². The van der Waals surface area contributed by atoms with Crippen molar-refractivity contribution in [1.29, 1.82) is 0 Å². The van der Waals surface area contributed by atoms with Crippen molar-refractivity contribution in [3.8, 4) is 0 Å². The van der Waals surface area contributed by atoms with Crippen molar-refractivity contribution in [2.24, 2.45) is 5.92 Å². The lowest BCUT2D eigenvalue weighted by Gasteiger charge is -2.30. The summed E-state index contributed by atoms with van der Waals surface area (Å²) in [6.07, 6.45) is -0.162. The standard InChI is InChI=1S/C5H12N4O/c10-5-3-1-8-9-4(3)6-2-7-5/h3-10H,1-2H2. The molecule has 2 fully saturated rings. The monoisotopic (exact) mass is 144 g/mol. The van der Waals surface area contributed by atoms with Crippen molar-refractivity contribution in [2.75, 3.05) is 13.2 Å². The van der Waals surface area contributed by atoms with Crippen molar-refractivity contribution in [1.82, 2.24) is 21.5 Å². The van der Waals surface area contributed by atoms with Crippen LogP contribution in [-0.2, 0) is 0 Å². The highest BCUT2D eigenvalue weighted by atomic mass is 16.3. The van der Waals surface area contributed by atoms with E-state index >= 15 is 0 Å². The number of hydrogen-bond donors (Lipinski definition) is 5. The molecule has 5 N–H and O–H groups in total. The smallest absolute Gasteiger partial charge is 0.112 e. The second kappa shape index (κ2) is 2.44. The molecule has 10 heavy (non-hydrogen) atoms. The van der Waals surface area contributed by atoms with E-state index in [2.05, 4.69) is 21.5 Å². The van der Waals surface area contributed by atoms with E-state index in [9.17, 15) is 5.11 Å². The number of hydrogen-bond acceptors (Lipinski definition) is 5. The van der Waals surface area contributed by atoms with Crippen LogP contribution in [0.15, 0.2) is 0 Å². The van der Waals surface area contributed by atoms with Crippen LogP contribution in [0.3, 0.4) is 0 Å². The Morgan fingerprint density at radius 3 is 3.00 bits per heavy atom. The first kappa shape index (κ1) is 6.51. The summed E-state index contributed by atoms with van der Waals surface area (Å²) in [7, 11) is 0. The highest BCUT2D eigenvalue weighted by Gasteiger charge is 2.34. The summed E-state index contributed by atoms with van der Waals surface area (Å²) in [6.45, 7) is 1.48. The fraction of sp³-hybridized carbons (Fsp3) is 1.00. The lowest BCUT2D eigenvalue weighted by atomic mass is 10.1. The molecule has 5 nitrogen and oxygen atoms in total. The fourth-order valence-electron chi connectivity index (χ4n) is 1.43. The zero-order valence-corrected chi connectivity index (χ0v) is 5.59. The quantitative estimate of drug-likeness (QED) is 0.260. The predicted molar refractivity (Wildman–Crippen MR) is 35.6 cm³/mol. The van der Waals surface area contributed by atoms with E-state index in [-0.39, 0.29) is 18.3 Å². The van der Waals surface area contributed by atoms with Crippen LogP contribution < -0.4 is 21.5 Å². The first-order valence-electron chi connectivity index (χ1n) is 3.51. The lowest BCUT2D eigenvalue weighted by molar-refractivity contribution is 0.0393. The second-order valence-electron chi connectivity index (χ2n) is 2.70. The summed E-state index contributed by atoms with van der Waals surface area (Å²) in [5.74, 6) is 0.244. The van der Waals surface area contributed by atoms with Crippen molar-refractivity contribution < 1.29 is 5.11 Å². The number of rotatable bonds is 0. The Labute approximate surface area is 59.2 Å². The molecular formula is C5H12N4O. The molecule has 0 bridgehead atoms. The van der Waals surface area contributed by atoms with E-state index in [1.807, 2.05) is 0 Å². The Morgan fingerprint density at radius 2 is 2.20 bits per heavy atom. The van der Waals surface area contributed by atoms with Gasteiger partial charge in [0.05, 0.1) is 6.17 Å². The van der Waals surface area contributed by atoms with Crippen molar-refractivity contribution in [3.05, 3.63) is 0 Å². The third-order valence-corrected chi connectivity index (χ3v) is 2.06. The van der Waals surface area contributed by atoms with Crippen LogP contribution >= 0.6 is 0 Å². The van der Waals surface area contributed by atoms with E-state index in [0.717, 1.165) is 6.54 Å². The molecule has 2 rings (SSSR count). The molecule has 0 radical (unpaired) electrons. The summed E-state index contributed by atoms with van der Waals surface area (Å²) < 4.78 is 0. The van der Waals surface area contributed by atoms with Crippen molar-refractivity contribution >= 4 is 0 Å². The van der Waals surface area contributed by atoms with Crippen LogP contribution in [0.5, 0.6) is 0 Å². The van der Waals surface area contributed by atoms with E-state index in [1.54, 1.807) is 0 Å². The topological polar surface area (TPSA) is 68.3 Å². The van der Waals surface area contributed by atoms with Crippen molar-refractivity contribution in [2.45, 2.75) is 12.4 Å². The van der Waals surface area contributed by atoms with Gasteiger partial charge in [-0.15, -0.1) is 0 Å². The van der Waals surface area contributed by atoms with Crippen LogP contribution in [0.1, 0.15) is 0 Å². The summed E-state index contributed by atoms with van der Waals surface area (Å²) in [5, 5.41) is 15.4. The molecule has 0 spiro atoms. The van der Waals surface area contributed by atoms with Gasteiger partial charge >= 0.3 is 0 Å². The van der Waals surface area contributed by atoms with E-state index in [1.165, 1.54) is 0 Å². The second-order valence-corrected chi connectivity index (χ2v) is 2.70. The normalized spacial score (nSPS) is 47.1. The Balaban J connectivity index is 2.03. The van der Waals surface area contributed by atoms with E-state index < -0.39 is 0 Å². The molecule has 2 saturated heterocycles. The van der Waals surface area contributed by atoms with Crippen LogP contribution in [0, 0.1) is 5.92 Å². The lowest BCUT2D eigenvalue weighted by Crippen LogP contribution is -2.59. The number of nitrogens with one attached hydrogen (secondary N) is 4. The van der Waals surface area contributed by atoms with E-state index in [4.69, 9.17) is 0 Å². The maximum absolute atomic E-state index is 9.35. The highest BCUT2D eigenvalue weighted by Crippen LogP contribution is 2.11. The van der Waals surface area contributed by atoms with Crippen LogP contribution in [-0.4, -0.2) is 30.7 Å². The molecule has 0 aromatic heterocycles. The fourth-order valence-corrected chi connectivity index (χ4v) is 1.43. The van der Waals surface area contributed by atoms with Gasteiger partial charge in [-0.05, 0) is 0 Å². The predicted octanol–water partition coefficient (Wildman–Crippen LogP) is -2.49. The Kier molecular flexibility index (Phi) is 1.59. The van der Waals surface area contributed by atoms with Gasteiger partial charge in [-0.25, -0.2) is 5.43 Å². The summed E-state index contributed by atoms with van der Waals surface area (Å²) in [6, 6.07) is 0. The minimum absolute atomic E-state index is 0.219. The maximum atomic E-state index is 9.35. The van der Waals surface area contributed by atoms with Crippen molar-refractivity contribution in [3.63, 3.8) is 0 Å². The summed E-state index contributed by atoms with van der Waals surface area (Å²) in [5.41, 5.74) is 6.01. The first-order chi connectivity index (χ1) is 4.88. The van der Waals surface area contributed by atoms with Crippen LogP contribution in [0.2, 0.25) is 0 Å². The van der Waals surface area contributed by atoms with Gasteiger partial charge in [-0.2, -0.15) is 0 Å². The molecule has 2 aliphatic heterocycles. The molecule has 58 valence electrons. The zero-order chi connectivity index (χ0) is 6.97. The third kappa shape index (κ3) is 0.920. The first-order valence-corrected chi connectivity index (χ1v) is 3.51. The molecule has 2 aliphatic rings. The van der Waals surface area contributed by atoms with Gasteiger partial charge in [0, 0.05) is 19.1 Å². The number of aliphatic hydroxyl groups is 1. The molecule has 0 aromatic carbocycles. The minimum Gasteiger partial charge on any atom is -0.378 e. The van der Waals surface area contributed by atoms with Crippen LogP contribution in [0.4, 0.5) is 0 Å². The SMILES string of the molecule is OC1NCNC2NNCC12. The Hall–Kier alpha value is -0.200. The highest BCUT2D eigenvalue weighted by molar-refractivity contribution is 4.87. The van der Waals surface area contributed by atoms with Gasteiger partial charge in [-0.3, -0.25) is 16.1 Å². The number of aliphatic hydroxyl groups excluding tert-OH is 1. The van der Waals surface area contributed by atoms with E-state index in [0.29, 0.717) is 6.67 Å². The number of hydrazine groups is 1. The maximum Gasteiger partial charge on any atom is 0.112 e. The molecule has 3 unspecified atom stereocenters. The summed E-state index contributed by atoms with van der Waals surface area (Å²) >= 11 is 0. The molecule has 0 aromatic rings. The molecular weight excluding hydrogens is 132 g/mol. The average Bonchev–Trinajstić information content (AvgIpc) is 2.36. The minimum atomic E-state index is -0.381. The Morgan fingerprint density at radius 1 is 1.30 bits per heavy atom. The molecule has 5 heteroatoms. The molecule has 0 aliphatic carbocycles. The van der Waals surface area contributed by atoms with Crippen LogP contribution in [0.25, 0.3) is 0 Å². The van der Waals surface area contributed by atoms with Gasteiger partial charge in [0.1, 0.15) is 6.23 Å². The van der Waals surface area contributed by atoms with Gasteiger partial charge in [0.15, 0.2) is 0 Å². The zero-order valence-electron chi connectivity index (χ0n) is 5.59. The summed E-state index contributed by atoms with van der Waals surface area (Å²) in [4.78, 5) is 0. The van der Waals surface area contributed by atoms with Gasteiger partial charge in [-0.1, -0.05) is 0 Å². The molecule has 2 heterocycles. The molecule has 0 saturated carbocycles. The van der Waals surface area contributed by atoms with Gasteiger partial charge in [0.2, 0.25) is 0 Å². The molecule has 3 atom stereocenters. The Bertz CT molecular complexity index is 131. The molecule has 0 amide bonds. The van der Waals surface area contributed by atoms with Gasteiger partial charge in [0.25, 0.3) is 0 Å². The largest absolute Gasteiger partial charge is 0.378 e. The third-order valence-electron chi connectivity index (χ3n) is 2.06. The number of fused-ring (bicyclic) bond motifs is 1.